The van der Waals surface area contributed by atoms with Crippen molar-refractivity contribution >= 4 is 11.9 Å². The second-order valence-corrected chi connectivity index (χ2v) is 4.54. The molecule has 0 bridgehead atoms. The molecule has 2 fully saturated rings. The lowest BCUT2D eigenvalue weighted by molar-refractivity contribution is -0.159. The van der Waals surface area contributed by atoms with Crippen molar-refractivity contribution in [3.8, 4) is 0 Å². The van der Waals surface area contributed by atoms with Crippen LogP contribution in [0.2, 0.25) is 0 Å². The molecule has 0 saturated carbocycles. The van der Waals surface area contributed by atoms with E-state index in [4.69, 9.17) is 14.2 Å². The van der Waals surface area contributed by atoms with Gasteiger partial charge in [0.15, 0.2) is 0 Å². The quantitative estimate of drug-likeness (QED) is 0.363. The van der Waals surface area contributed by atoms with Crippen molar-refractivity contribution in [1.82, 2.24) is 0 Å². The Morgan fingerprint density at radius 3 is 1.71 bits per heavy atom. The van der Waals surface area contributed by atoms with Gasteiger partial charge in [-0.25, -0.2) is 0 Å². The van der Waals surface area contributed by atoms with Gasteiger partial charge in [-0.3, -0.25) is 9.59 Å². The molecule has 17 heavy (non-hydrogen) atoms. The third-order valence-electron chi connectivity index (χ3n) is 2.85. The van der Waals surface area contributed by atoms with Crippen molar-refractivity contribution in [3.05, 3.63) is 0 Å². The molecule has 0 spiro atoms. The summed E-state index contributed by atoms with van der Waals surface area (Å²) in [6.45, 7) is 1.61. The average molecular weight is 242 g/mol. The van der Waals surface area contributed by atoms with Crippen LogP contribution in [0.1, 0.15) is 38.5 Å². The summed E-state index contributed by atoms with van der Waals surface area (Å²) in [5, 5.41) is 0. The Balaban J connectivity index is 1.45. The first-order valence-corrected chi connectivity index (χ1v) is 6.21. The van der Waals surface area contributed by atoms with Crippen molar-refractivity contribution in [3.63, 3.8) is 0 Å². The van der Waals surface area contributed by atoms with Gasteiger partial charge in [-0.15, -0.1) is 0 Å². The van der Waals surface area contributed by atoms with Crippen LogP contribution in [-0.2, 0) is 23.8 Å². The molecule has 2 heterocycles. The second kappa shape index (κ2) is 6.12. The Bertz CT molecular complexity index is 253. The molecule has 2 atom stereocenters. The van der Waals surface area contributed by atoms with Crippen molar-refractivity contribution in [2.24, 2.45) is 0 Å². The molecule has 0 aliphatic carbocycles. The number of hydrogen-bond donors (Lipinski definition) is 0. The van der Waals surface area contributed by atoms with Crippen LogP contribution in [0.5, 0.6) is 0 Å². The van der Waals surface area contributed by atoms with Gasteiger partial charge in [0, 0.05) is 12.8 Å². The minimum absolute atomic E-state index is 0.303. The molecular weight excluding hydrogens is 224 g/mol. The fourth-order valence-electron chi connectivity index (χ4n) is 1.65. The zero-order valence-corrected chi connectivity index (χ0v) is 9.85. The van der Waals surface area contributed by atoms with Crippen molar-refractivity contribution in [2.45, 2.75) is 50.7 Å². The SMILES string of the molecule is O=C(CCCC1CO1)OC(=O)CCCC1CO1. The van der Waals surface area contributed by atoms with Crippen LogP contribution >= 0.6 is 0 Å². The summed E-state index contributed by atoms with van der Waals surface area (Å²) >= 11 is 0. The molecule has 2 aliphatic heterocycles. The lowest BCUT2D eigenvalue weighted by Gasteiger charge is -2.02. The van der Waals surface area contributed by atoms with E-state index in [9.17, 15) is 9.59 Å². The number of esters is 2. The van der Waals surface area contributed by atoms with Crippen molar-refractivity contribution in [1.29, 1.82) is 0 Å². The van der Waals surface area contributed by atoms with Gasteiger partial charge in [0.05, 0.1) is 25.4 Å². The van der Waals surface area contributed by atoms with Gasteiger partial charge in [0.2, 0.25) is 0 Å². The molecule has 0 aromatic carbocycles. The van der Waals surface area contributed by atoms with Crippen LogP contribution in [-0.4, -0.2) is 37.4 Å². The van der Waals surface area contributed by atoms with E-state index in [0.29, 0.717) is 25.0 Å². The number of rotatable bonds is 8. The van der Waals surface area contributed by atoms with Crippen LogP contribution in [0.25, 0.3) is 0 Å². The Morgan fingerprint density at radius 2 is 1.35 bits per heavy atom. The molecule has 0 N–H and O–H groups in total. The van der Waals surface area contributed by atoms with Crippen LogP contribution in [0, 0.1) is 0 Å². The van der Waals surface area contributed by atoms with E-state index in [1.165, 1.54) is 0 Å². The van der Waals surface area contributed by atoms with E-state index in [-0.39, 0.29) is 0 Å². The zero-order chi connectivity index (χ0) is 12.1. The largest absolute Gasteiger partial charge is 0.393 e. The van der Waals surface area contributed by atoms with E-state index in [2.05, 4.69) is 0 Å². The summed E-state index contributed by atoms with van der Waals surface area (Å²) < 4.78 is 14.7. The monoisotopic (exact) mass is 242 g/mol. The van der Waals surface area contributed by atoms with Gasteiger partial charge in [-0.1, -0.05) is 0 Å². The van der Waals surface area contributed by atoms with E-state index >= 15 is 0 Å². The molecule has 2 unspecified atom stereocenters. The summed E-state index contributed by atoms with van der Waals surface area (Å²) in [5.74, 6) is -0.836. The predicted octanol–water partition coefficient (Wildman–Crippen LogP) is 1.19. The second-order valence-electron chi connectivity index (χ2n) is 4.54. The number of carbonyl (C=O) groups is 2. The van der Waals surface area contributed by atoms with Crippen molar-refractivity contribution in [2.75, 3.05) is 13.2 Å². The van der Waals surface area contributed by atoms with Gasteiger partial charge in [0.25, 0.3) is 0 Å². The third kappa shape index (κ3) is 5.79. The van der Waals surface area contributed by atoms with Gasteiger partial charge >= 0.3 is 11.9 Å². The van der Waals surface area contributed by atoms with Crippen LogP contribution in [0.4, 0.5) is 0 Å². The highest BCUT2D eigenvalue weighted by atomic mass is 16.6. The standard InChI is InChI=1S/C12H18O5/c13-11(5-1-3-9-7-15-9)17-12(14)6-2-4-10-8-16-10/h9-10H,1-8H2. The van der Waals surface area contributed by atoms with Crippen LogP contribution in [0.15, 0.2) is 0 Å². The van der Waals surface area contributed by atoms with Gasteiger partial charge in [-0.05, 0) is 25.7 Å². The molecule has 5 nitrogen and oxygen atoms in total. The highest BCUT2D eigenvalue weighted by Gasteiger charge is 2.23. The maximum Gasteiger partial charge on any atom is 0.313 e. The normalized spacial score (nSPS) is 25.4. The summed E-state index contributed by atoms with van der Waals surface area (Å²) in [5.41, 5.74) is 0. The first kappa shape index (κ1) is 12.5. The highest BCUT2D eigenvalue weighted by molar-refractivity contribution is 5.85. The molecule has 0 aromatic heterocycles. The first-order chi connectivity index (χ1) is 8.24. The average Bonchev–Trinajstić information content (AvgIpc) is 3.12. The minimum Gasteiger partial charge on any atom is -0.393 e. The smallest absolute Gasteiger partial charge is 0.313 e. The maximum atomic E-state index is 11.3. The number of epoxide rings is 2. The molecule has 96 valence electrons. The molecule has 2 saturated heterocycles. The highest BCUT2D eigenvalue weighted by Crippen LogP contribution is 2.18. The first-order valence-electron chi connectivity index (χ1n) is 6.21. The van der Waals surface area contributed by atoms with E-state index in [1.807, 2.05) is 0 Å². The molecule has 0 amide bonds. The van der Waals surface area contributed by atoms with Gasteiger partial charge in [-0.2, -0.15) is 0 Å². The van der Waals surface area contributed by atoms with E-state index in [0.717, 1.165) is 38.9 Å². The molecule has 5 heteroatoms. The summed E-state index contributed by atoms with van der Waals surface area (Å²) in [6.07, 6.45) is 4.48. The molecule has 2 aliphatic rings. The number of hydrogen-bond acceptors (Lipinski definition) is 5. The minimum atomic E-state index is -0.418. The summed E-state index contributed by atoms with van der Waals surface area (Å²) in [7, 11) is 0. The lowest BCUT2D eigenvalue weighted by atomic mass is 10.2. The fraction of sp³-hybridized carbons (Fsp3) is 0.833. The van der Waals surface area contributed by atoms with E-state index < -0.39 is 11.9 Å². The lowest BCUT2D eigenvalue weighted by Crippen LogP contribution is -2.12. The Hall–Kier alpha value is -0.940. The van der Waals surface area contributed by atoms with E-state index in [1.54, 1.807) is 0 Å². The molecule has 0 aromatic rings. The number of carbonyl (C=O) groups excluding carboxylic acids is 2. The van der Waals surface area contributed by atoms with Gasteiger partial charge < -0.3 is 14.2 Å². The van der Waals surface area contributed by atoms with Crippen LogP contribution in [0.3, 0.4) is 0 Å². The number of ether oxygens (including phenoxy) is 3. The Kier molecular flexibility index (Phi) is 4.50. The Morgan fingerprint density at radius 1 is 0.941 bits per heavy atom. The fourth-order valence-corrected chi connectivity index (χ4v) is 1.65. The molecule has 0 radical (unpaired) electrons. The topological polar surface area (TPSA) is 68.4 Å². The maximum absolute atomic E-state index is 11.3. The predicted molar refractivity (Wildman–Crippen MR) is 58.3 cm³/mol. The Labute approximate surface area is 100 Å². The summed E-state index contributed by atoms with van der Waals surface area (Å²) in [4.78, 5) is 22.5. The van der Waals surface area contributed by atoms with Gasteiger partial charge in [0.1, 0.15) is 0 Å². The molecule has 2 rings (SSSR count). The summed E-state index contributed by atoms with van der Waals surface area (Å²) in [6, 6.07) is 0. The van der Waals surface area contributed by atoms with Crippen molar-refractivity contribution < 1.29 is 23.8 Å². The van der Waals surface area contributed by atoms with Crippen LogP contribution < -0.4 is 0 Å². The zero-order valence-electron chi connectivity index (χ0n) is 9.85. The third-order valence-corrected chi connectivity index (χ3v) is 2.85. The molecular formula is C12H18O5.